The van der Waals surface area contributed by atoms with Gasteiger partial charge in [-0.3, -0.25) is 14.9 Å². The standard InChI is InChI=1S/C16H20N4O2S/c1-12(13-5-3-2-4-6-13)19-7-9-20(10-8-19)16-17-11-14(23-16)15(21)18-22/h2-6,11-12,22H,7-10H2,1H3,(H,18,21). The maximum absolute atomic E-state index is 11.4. The predicted molar refractivity (Wildman–Crippen MR) is 90.0 cm³/mol. The van der Waals surface area contributed by atoms with Crippen molar-refractivity contribution in [3.8, 4) is 0 Å². The summed E-state index contributed by atoms with van der Waals surface area (Å²) >= 11 is 1.30. The van der Waals surface area contributed by atoms with Crippen molar-refractivity contribution in [1.29, 1.82) is 0 Å². The lowest BCUT2D eigenvalue weighted by molar-refractivity contribution is 0.0710. The minimum Gasteiger partial charge on any atom is -0.346 e. The van der Waals surface area contributed by atoms with Crippen molar-refractivity contribution < 1.29 is 10.0 Å². The Morgan fingerprint density at radius 2 is 1.96 bits per heavy atom. The molecule has 1 aromatic carbocycles. The molecule has 0 saturated carbocycles. The Morgan fingerprint density at radius 3 is 2.61 bits per heavy atom. The second-order valence-corrected chi connectivity index (χ2v) is 6.57. The minimum absolute atomic E-state index is 0.394. The summed E-state index contributed by atoms with van der Waals surface area (Å²) < 4.78 is 0. The first kappa shape index (κ1) is 15.9. The summed E-state index contributed by atoms with van der Waals surface area (Å²) in [7, 11) is 0. The molecule has 0 spiro atoms. The number of piperazine rings is 1. The van der Waals surface area contributed by atoms with Gasteiger partial charge in [-0.1, -0.05) is 41.7 Å². The monoisotopic (exact) mass is 332 g/mol. The Hall–Kier alpha value is -1.96. The Bertz CT molecular complexity index is 653. The Balaban J connectivity index is 1.60. The van der Waals surface area contributed by atoms with Crippen molar-refractivity contribution in [3.63, 3.8) is 0 Å². The highest BCUT2D eigenvalue weighted by molar-refractivity contribution is 7.17. The van der Waals surface area contributed by atoms with Crippen LogP contribution in [0.2, 0.25) is 0 Å². The van der Waals surface area contributed by atoms with Gasteiger partial charge in [0.15, 0.2) is 5.13 Å². The fraction of sp³-hybridized carbons (Fsp3) is 0.375. The molecule has 2 heterocycles. The molecule has 1 aromatic heterocycles. The Morgan fingerprint density at radius 1 is 1.26 bits per heavy atom. The van der Waals surface area contributed by atoms with Crippen molar-refractivity contribution in [2.75, 3.05) is 31.1 Å². The molecule has 6 nitrogen and oxygen atoms in total. The molecule has 1 fully saturated rings. The largest absolute Gasteiger partial charge is 0.346 e. The van der Waals surface area contributed by atoms with Crippen LogP contribution < -0.4 is 10.4 Å². The summed E-state index contributed by atoms with van der Waals surface area (Å²) in [6.07, 6.45) is 1.50. The molecule has 2 N–H and O–H groups in total. The number of nitrogens with zero attached hydrogens (tertiary/aromatic N) is 3. The van der Waals surface area contributed by atoms with E-state index in [-0.39, 0.29) is 0 Å². The van der Waals surface area contributed by atoms with Gasteiger partial charge in [0.2, 0.25) is 0 Å². The molecule has 2 aromatic rings. The van der Waals surface area contributed by atoms with Crippen LogP contribution in [0.4, 0.5) is 5.13 Å². The molecule has 7 heteroatoms. The molecule has 1 atom stereocenters. The van der Waals surface area contributed by atoms with Crippen LogP contribution >= 0.6 is 11.3 Å². The SMILES string of the molecule is CC(c1ccccc1)N1CCN(c2ncc(C(=O)NO)s2)CC1. The lowest BCUT2D eigenvalue weighted by atomic mass is 10.1. The Labute approximate surface area is 139 Å². The first-order chi connectivity index (χ1) is 11.2. The lowest BCUT2D eigenvalue weighted by Crippen LogP contribution is -2.47. The summed E-state index contributed by atoms with van der Waals surface area (Å²) in [6, 6.07) is 10.9. The second kappa shape index (κ2) is 7.08. The molecule has 1 amide bonds. The zero-order valence-corrected chi connectivity index (χ0v) is 13.8. The van der Waals surface area contributed by atoms with E-state index < -0.39 is 5.91 Å². The van der Waals surface area contributed by atoms with Crippen LogP contribution in [0.5, 0.6) is 0 Å². The van der Waals surface area contributed by atoms with E-state index >= 15 is 0 Å². The number of aromatic nitrogens is 1. The highest BCUT2D eigenvalue weighted by atomic mass is 32.1. The zero-order chi connectivity index (χ0) is 16.2. The van der Waals surface area contributed by atoms with Gasteiger partial charge in [0.1, 0.15) is 4.88 Å². The van der Waals surface area contributed by atoms with Crippen molar-refractivity contribution >= 4 is 22.4 Å². The number of carbonyl (C=O) groups excluding carboxylic acids is 1. The number of rotatable bonds is 4. The number of amides is 1. The molecular weight excluding hydrogens is 312 g/mol. The van der Waals surface area contributed by atoms with Crippen molar-refractivity contribution in [1.82, 2.24) is 15.4 Å². The van der Waals surface area contributed by atoms with Gasteiger partial charge in [-0.25, -0.2) is 10.5 Å². The van der Waals surface area contributed by atoms with E-state index in [1.165, 1.54) is 23.1 Å². The van der Waals surface area contributed by atoms with Gasteiger partial charge in [-0.2, -0.15) is 0 Å². The van der Waals surface area contributed by atoms with Crippen LogP contribution in [-0.4, -0.2) is 47.2 Å². The summed E-state index contributed by atoms with van der Waals surface area (Å²) in [4.78, 5) is 20.7. The number of anilines is 1. The number of hydroxylamine groups is 1. The van der Waals surface area contributed by atoms with Crippen LogP contribution in [0.1, 0.15) is 28.2 Å². The molecule has 1 aliphatic heterocycles. The van der Waals surface area contributed by atoms with Crippen LogP contribution in [-0.2, 0) is 0 Å². The molecule has 0 radical (unpaired) electrons. The van der Waals surface area contributed by atoms with Crippen LogP contribution in [0, 0.1) is 0 Å². The molecule has 1 saturated heterocycles. The fourth-order valence-electron chi connectivity index (χ4n) is 2.81. The highest BCUT2D eigenvalue weighted by Crippen LogP contribution is 2.26. The smallest absolute Gasteiger partial charge is 0.286 e. The van der Waals surface area contributed by atoms with E-state index in [4.69, 9.17) is 5.21 Å². The topological polar surface area (TPSA) is 68.7 Å². The number of carbonyl (C=O) groups is 1. The minimum atomic E-state index is -0.509. The normalized spacial score (nSPS) is 17.0. The molecule has 23 heavy (non-hydrogen) atoms. The summed E-state index contributed by atoms with van der Waals surface area (Å²) in [5, 5.41) is 9.50. The average Bonchev–Trinajstić information content (AvgIpc) is 3.11. The van der Waals surface area contributed by atoms with E-state index in [2.05, 4.69) is 46.0 Å². The maximum atomic E-state index is 11.4. The van der Waals surface area contributed by atoms with Gasteiger partial charge < -0.3 is 4.90 Å². The Kier molecular flexibility index (Phi) is 4.90. The predicted octanol–water partition coefficient (Wildman–Crippen LogP) is 2.15. The molecule has 1 aliphatic rings. The maximum Gasteiger partial charge on any atom is 0.286 e. The molecule has 0 bridgehead atoms. The van der Waals surface area contributed by atoms with Crippen molar-refractivity contribution in [3.05, 3.63) is 47.0 Å². The fourth-order valence-corrected chi connectivity index (χ4v) is 3.67. The van der Waals surface area contributed by atoms with Crippen molar-refractivity contribution in [2.24, 2.45) is 0 Å². The van der Waals surface area contributed by atoms with Crippen LogP contribution in [0.25, 0.3) is 0 Å². The zero-order valence-electron chi connectivity index (χ0n) is 13.0. The average molecular weight is 332 g/mol. The van der Waals surface area contributed by atoms with Gasteiger partial charge >= 0.3 is 0 Å². The highest BCUT2D eigenvalue weighted by Gasteiger charge is 2.24. The molecular formula is C16H20N4O2S. The third-order valence-electron chi connectivity index (χ3n) is 4.23. The van der Waals surface area contributed by atoms with E-state index in [0.29, 0.717) is 10.9 Å². The lowest BCUT2D eigenvalue weighted by Gasteiger charge is -2.38. The number of hydrogen-bond donors (Lipinski definition) is 2. The first-order valence-corrected chi connectivity index (χ1v) is 8.45. The molecule has 0 aliphatic carbocycles. The van der Waals surface area contributed by atoms with Crippen LogP contribution in [0.3, 0.4) is 0 Å². The third-order valence-corrected chi connectivity index (χ3v) is 5.29. The summed E-state index contributed by atoms with van der Waals surface area (Å²) in [5.74, 6) is -0.509. The van der Waals surface area contributed by atoms with Gasteiger partial charge in [-0.05, 0) is 12.5 Å². The van der Waals surface area contributed by atoms with Crippen LogP contribution in [0.15, 0.2) is 36.5 Å². The third kappa shape index (κ3) is 3.52. The van der Waals surface area contributed by atoms with Gasteiger partial charge in [0.25, 0.3) is 5.91 Å². The van der Waals surface area contributed by atoms with Gasteiger partial charge in [0, 0.05) is 32.2 Å². The van der Waals surface area contributed by atoms with E-state index in [0.717, 1.165) is 31.3 Å². The number of benzene rings is 1. The van der Waals surface area contributed by atoms with E-state index in [1.807, 2.05) is 6.07 Å². The molecule has 122 valence electrons. The van der Waals surface area contributed by atoms with E-state index in [9.17, 15) is 4.79 Å². The van der Waals surface area contributed by atoms with Gasteiger partial charge in [-0.15, -0.1) is 0 Å². The number of hydrogen-bond acceptors (Lipinski definition) is 6. The summed E-state index contributed by atoms with van der Waals surface area (Å²) in [6.45, 7) is 5.90. The molecule has 3 rings (SSSR count). The summed E-state index contributed by atoms with van der Waals surface area (Å²) in [5.41, 5.74) is 2.97. The van der Waals surface area contributed by atoms with Crippen molar-refractivity contribution in [2.45, 2.75) is 13.0 Å². The second-order valence-electron chi connectivity index (χ2n) is 5.56. The van der Waals surface area contributed by atoms with Gasteiger partial charge in [0.05, 0.1) is 6.20 Å². The first-order valence-electron chi connectivity index (χ1n) is 7.63. The van der Waals surface area contributed by atoms with E-state index in [1.54, 1.807) is 5.48 Å². The number of thiazole rings is 1. The number of nitrogens with one attached hydrogen (secondary N) is 1. The molecule has 1 unspecified atom stereocenters. The quantitative estimate of drug-likeness (QED) is 0.663.